The fourth-order valence-electron chi connectivity index (χ4n) is 13.6. The maximum absolute atomic E-state index is 13.5. The van der Waals surface area contributed by atoms with Crippen LogP contribution in [0.25, 0.3) is 0 Å². The molecule has 3 heterocycles. The average molecular weight is 1540 g/mol. The summed E-state index contributed by atoms with van der Waals surface area (Å²) in [5, 5.41) is 121. The minimum absolute atomic E-state index is 0.224. The van der Waals surface area contributed by atoms with Crippen LogP contribution >= 0.6 is 0 Å². The van der Waals surface area contributed by atoms with E-state index in [1.54, 1.807) is 6.08 Å². The molecule has 0 aromatic heterocycles. The Kier molecular flexibility index (Phi) is 62.2. The lowest BCUT2D eigenvalue weighted by atomic mass is 9.96. The smallest absolute Gasteiger partial charge is 0.220 e. The molecule has 0 spiro atoms. The van der Waals surface area contributed by atoms with Crippen LogP contribution in [0.1, 0.15) is 296 Å². The van der Waals surface area contributed by atoms with Gasteiger partial charge in [0.15, 0.2) is 18.9 Å². The Bertz CT molecular complexity index is 2490. The van der Waals surface area contributed by atoms with Gasteiger partial charge >= 0.3 is 0 Å². The molecule has 626 valence electrons. The van der Waals surface area contributed by atoms with Gasteiger partial charge < -0.3 is 89.9 Å². The van der Waals surface area contributed by atoms with E-state index < -0.39 is 124 Å². The van der Waals surface area contributed by atoms with Crippen molar-refractivity contribution in [3.05, 3.63) is 134 Å². The molecule has 0 radical (unpaired) electrons. The molecule has 109 heavy (non-hydrogen) atoms. The molecule has 3 saturated heterocycles. The van der Waals surface area contributed by atoms with Crippen LogP contribution in [-0.4, -0.2) is 193 Å². The zero-order valence-corrected chi connectivity index (χ0v) is 67.2. The minimum Gasteiger partial charge on any atom is -0.394 e. The van der Waals surface area contributed by atoms with E-state index in [0.717, 1.165) is 109 Å². The molecule has 19 nitrogen and oxygen atoms in total. The van der Waals surface area contributed by atoms with Gasteiger partial charge in [-0.15, -0.1) is 0 Å². The number of ether oxygens (including phenoxy) is 6. The lowest BCUT2D eigenvalue weighted by Gasteiger charge is -2.48. The van der Waals surface area contributed by atoms with Crippen LogP contribution in [0.4, 0.5) is 0 Å². The Morgan fingerprint density at radius 2 is 0.642 bits per heavy atom. The van der Waals surface area contributed by atoms with Gasteiger partial charge in [0.2, 0.25) is 5.91 Å². The number of carbonyl (C=O) groups is 1. The quantitative estimate of drug-likeness (QED) is 0.0199. The van der Waals surface area contributed by atoms with Gasteiger partial charge in [0.05, 0.1) is 38.6 Å². The van der Waals surface area contributed by atoms with E-state index in [2.05, 4.69) is 141 Å². The molecule has 0 aromatic rings. The number of rotatable bonds is 67. The zero-order valence-electron chi connectivity index (χ0n) is 67.2. The molecular formula is C90H153NO18. The van der Waals surface area contributed by atoms with Crippen molar-refractivity contribution in [2.45, 2.75) is 401 Å². The van der Waals surface area contributed by atoms with Crippen molar-refractivity contribution in [3.8, 4) is 0 Å². The third-order valence-electron chi connectivity index (χ3n) is 20.4. The van der Waals surface area contributed by atoms with E-state index in [9.17, 15) is 61.0 Å². The second-order valence-corrected chi connectivity index (χ2v) is 29.9. The molecule has 3 rings (SSSR count). The van der Waals surface area contributed by atoms with Crippen LogP contribution in [0.15, 0.2) is 134 Å². The highest BCUT2D eigenvalue weighted by molar-refractivity contribution is 5.76. The first-order chi connectivity index (χ1) is 53.3. The largest absolute Gasteiger partial charge is 0.394 e. The minimum atomic E-state index is -1.99. The first kappa shape index (κ1) is 99.1. The molecule has 0 saturated carbocycles. The number of nitrogens with one attached hydrogen (secondary N) is 1. The Hall–Kier alpha value is -4.07. The third kappa shape index (κ3) is 47.4. The highest BCUT2D eigenvalue weighted by atomic mass is 16.8. The summed E-state index contributed by atoms with van der Waals surface area (Å²) in [5.41, 5.74) is 0. The van der Waals surface area contributed by atoms with Gasteiger partial charge in [0, 0.05) is 6.42 Å². The standard InChI is InChI=1S/C90H153NO18/c1-3-5-7-9-11-13-15-17-19-21-23-25-27-29-30-31-32-33-34-35-36-37-38-39-40-41-42-44-46-48-50-52-54-56-58-60-62-64-66-68-78(96)91-73(74(95)67-65-63-61-59-57-55-53-51-49-47-45-43-28-26-24-22-20-18-16-14-12-10-8-6-4-2)72-104-88-84(102)81(99)86(76(70-93)106-88)109-90-85(103)82(100)87(77(71-94)107-90)108-89-83(101)80(98)79(97)75(69-92)105-89/h5,7,11,13,17,19,23,25,29-30,32-33,35-36,38-39,41-42,57,59,65,67,73-77,79-90,92-95,97-103H,3-4,6,8-10,12,14-16,18,20-22,24,26-28,31,34,37,40,43-56,58,60-64,66,68-72H2,1-2H3,(H,91,96)/b7-5-,13-11-,19-17-,25-23-,30-29-,33-32-,36-35-,39-38-,42-41-,59-57+,67-65+. The molecule has 0 aromatic carbocycles. The molecule has 3 fully saturated rings. The molecular weight excluding hydrogens is 1380 g/mol. The summed E-state index contributed by atoms with van der Waals surface area (Å²) in [6.07, 6.45) is 71.5. The maximum Gasteiger partial charge on any atom is 0.220 e. The number of unbranched alkanes of at least 4 members (excludes halogenated alkanes) is 31. The zero-order chi connectivity index (χ0) is 78.8. The summed E-state index contributed by atoms with van der Waals surface area (Å²) in [4.78, 5) is 13.5. The summed E-state index contributed by atoms with van der Waals surface area (Å²) >= 11 is 0. The molecule has 1 amide bonds. The SMILES string of the molecule is CC/C=C\C/C=C\C/C=C\C/C=C\C/C=C\C/C=C\C/C=C\C/C=C\C/C=C\CCCCCCCCCCCCCC(=O)NC(COC1OC(CO)C(OC2OC(CO)C(OC3OC(CO)C(O)C(O)C3O)C(O)C2O)C(O)C1O)C(O)/C=C/CC/C=C/CCCCCCCCCCCCCCCCCCCCC. The maximum atomic E-state index is 13.5. The van der Waals surface area contributed by atoms with Crippen molar-refractivity contribution in [2.24, 2.45) is 0 Å². The Labute approximate surface area is 658 Å². The predicted molar refractivity (Wildman–Crippen MR) is 438 cm³/mol. The topological polar surface area (TPSA) is 307 Å². The Morgan fingerprint density at radius 3 is 1.03 bits per heavy atom. The first-order valence-corrected chi connectivity index (χ1v) is 42.9. The number of allylic oxidation sites excluding steroid dienone is 21. The normalized spacial score (nSPS) is 26.0. The molecule has 17 atom stereocenters. The van der Waals surface area contributed by atoms with E-state index in [1.807, 2.05) is 6.08 Å². The highest BCUT2D eigenvalue weighted by Gasteiger charge is 2.54. The first-order valence-electron chi connectivity index (χ1n) is 42.9. The molecule has 3 aliphatic rings. The van der Waals surface area contributed by atoms with Gasteiger partial charge in [-0.25, -0.2) is 0 Å². The number of aliphatic hydroxyl groups is 11. The van der Waals surface area contributed by atoms with Crippen LogP contribution < -0.4 is 5.32 Å². The van der Waals surface area contributed by atoms with Crippen molar-refractivity contribution < 1.29 is 89.4 Å². The number of carbonyl (C=O) groups excluding carboxylic acids is 1. The van der Waals surface area contributed by atoms with Crippen LogP contribution in [0.5, 0.6) is 0 Å². The highest BCUT2D eigenvalue weighted by Crippen LogP contribution is 2.33. The summed E-state index contributed by atoms with van der Waals surface area (Å²) in [6.45, 7) is 1.62. The second kappa shape index (κ2) is 68.3. The van der Waals surface area contributed by atoms with Gasteiger partial charge in [0.1, 0.15) is 73.2 Å². The summed E-state index contributed by atoms with van der Waals surface area (Å²) < 4.78 is 34.5. The van der Waals surface area contributed by atoms with Gasteiger partial charge in [-0.2, -0.15) is 0 Å². The lowest BCUT2D eigenvalue weighted by Crippen LogP contribution is -2.66. The van der Waals surface area contributed by atoms with Crippen LogP contribution in [0.3, 0.4) is 0 Å². The fourth-order valence-corrected chi connectivity index (χ4v) is 13.6. The van der Waals surface area contributed by atoms with E-state index in [1.165, 1.54) is 154 Å². The van der Waals surface area contributed by atoms with E-state index in [4.69, 9.17) is 28.4 Å². The number of amides is 1. The monoisotopic (exact) mass is 1540 g/mol. The van der Waals surface area contributed by atoms with E-state index in [-0.39, 0.29) is 18.9 Å². The Morgan fingerprint density at radius 1 is 0.339 bits per heavy atom. The van der Waals surface area contributed by atoms with Crippen molar-refractivity contribution in [3.63, 3.8) is 0 Å². The molecule has 3 aliphatic heterocycles. The van der Waals surface area contributed by atoms with Gasteiger partial charge in [-0.3, -0.25) is 4.79 Å². The lowest BCUT2D eigenvalue weighted by molar-refractivity contribution is -0.379. The van der Waals surface area contributed by atoms with Gasteiger partial charge in [-0.05, 0) is 103 Å². The molecule has 17 unspecified atom stereocenters. The van der Waals surface area contributed by atoms with Gasteiger partial charge in [0.25, 0.3) is 0 Å². The third-order valence-corrected chi connectivity index (χ3v) is 20.4. The summed E-state index contributed by atoms with van der Waals surface area (Å²) in [7, 11) is 0. The molecule has 0 aliphatic carbocycles. The van der Waals surface area contributed by atoms with Crippen molar-refractivity contribution in [1.82, 2.24) is 5.32 Å². The van der Waals surface area contributed by atoms with Crippen LogP contribution in [-0.2, 0) is 33.2 Å². The average Bonchev–Trinajstić information content (AvgIpc) is 0.759. The molecule has 0 bridgehead atoms. The second-order valence-electron chi connectivity index (χ2n) is 29.9. The van der Waals surface area contributed by atoms with Crippen LogP contribution in [0, 0.1) is 0 Å². The summed E-state index contributed by atoms with van der Waals surface area (Å²) in [6, 6.07) is -1.00. The van der Waals surface area contributed by atoms with Crippen molar-refractivity contribution in [2.75, 3.05) is 26.4 Å². The van der Waals surface area contributed by atoms with E-state index in [0.29, 0.717) is 12.8 Å². The predicted octanol–water partition coefficient (Wildman–Crippen LogP) is 15.6. The van der Waals surface area contributed by atoms with E-state index >= 15 is 0 Å². The molecule has 12 N–H and O–H groups in total. The number of hydrogen-bond donors (Lipinski definition) is 12. The fraction of sp³-hybridized carbons (Fsp3) is 0.744. The van der Waals surface area contributed by atoms with Crippen molar-refractivity contribution >= 4 is 5.91 Å². The number of aliphatic hydroxyl groups excluding tert-OH is 11. The van der Waals surface area contributed by atoms with Crippen molar-refractivity contribution in [1.29, 1.82) is 0 Å². The Balaban J connectivity index is 1.35. The van der Waals surface area contributed by atoms with Crippen LogP contribution in [0.2, 0.25) is 0 Å². The summed E-state index contributed by atoms with van der Waals surface area (Å²) in [5.74, 6) is -0.291. The number of hydrogen-bond acceptors (Lipinski definition) is 18. The molecule has 19 heteroatoms. The van der Waals surface area contributed by atoms with Gasteiger partial charge in [-0.1, -0.05) is 321 Å².